The highest BCUT2D eigenvalue weighted by Crippen LogP contribution is 2.34. The summed E-state index contributed by atoms with van der Waals surface area (Å²) in [6.07, 6.45) is 1.43. The number of anilines is 1. The standard InChI is InChI=1S/C22H22FN3O/c1-14-5-7-15(8-6-14)19-13-20(17-3-2-4-18(23)21(17)25-19)26-11-9-16(10-12-26)22(24)27/h2-8,13,16H,9-12H2,1H3,(H2,24,27). The molecule has 4 rings (SSSR count). The van der Waals surface area contributed by atoms with Crippen LogP contribution in [0.3, 0.4) is 0 Å². The van der Waals surface area contributed by atoms with E-state index in [2.05, 4.69) is 9.88 Å². The van der Waals surface area contributed by atoms with Crippen molar-refractivity contribution in [3.63, 3.8) is 0 Å². The van der Waals surface area contributed by atoms with Crippen LogP contribution in [0.2, 0.25) is 0 Å². The first-order chi connectivity index (χ1) is 13.0. The summed E-state index contributed by atoms with van der Waals surface area (Å²) < 4.78 is 14.5. The first-order valence-electron chi connectivity index (χ1n) is 9.23. The maximum atomic E-state index is 14.5. The van der Waals surface area contributed by atoms with E-state index in [1.54, 1.807) is 6.07 Å². The molecule has 2 heterocycles. The van der Waals surface area contributed by atoms with Gasteiger partial charge in [0.2, 0.25) is 5.91 Å². The summed E-state index contributed by atoms with van der Waals surface area (Å²) in [5, 5.41) is 0.795. The number of carbonyl (C=O) groups is 1. The van der Waals surface area contributed by atoms with E-state index in [0.29, 0.717) is 18.4 Å². The van der Waals surface area contributed by atoms with Gasteiger partial charge >= 0.3 is 0 Å². The maximum absolute atomic E-state index is 14.5. The van der Waals surface area contributed by atoms with Gasteiger partial charge in [0.25, 0.3) is 0 Å². The molecule has 0 aliphatic carbocycles. The number of para-hydroxylation sites is 1. The van der Waals surface area contributed by atoms with Crippen LogP contribution < -0.4 is 10.6 Å². The smallest absolute Gasteiger partial charge is 0.220 e. The number of carbonyl (C=O) groups excluding carboxylic acids is 1. The Bertz CT molecular complexity index is 992. The minimum absolute atomic E-state index is 0.0809. The topological polar surface area (TPSA) is 59.2 Å². The van der Waals surface area contributed by atoms with Gasteiger partial charge in [0.05, 0.1) is 5.69 Å². The Labute approximate surface area is 157 Å². The molecule has 0 radical (unpaired) electrons. The van der Waals surface area contributed by atoms with Gasteiger partial charge in [0.1, 0.15) is 11.3 Å². The number of hydrogen-bond acceptors (Lipinski definition) is 3. The molecule has 1 aromatic heterocycles. The van der Waals surface area contributed by atoms with Crippen LogP contribution in [0, 0.1) is 18.7 Å². The lowest BCUT2D eigenvalue weighted by molar-refractivity contribution is -0.122. The Balaban J connectivity index is 1.80. The van der Waals surface area contributed by atoms with Crippen molar-refractivity contribution in [3.8, 4) is 11.3 Å². The molecule has 0 unspecified atom stereocenters. The fourth-order valence-corrected chi connectivity index (χ4v) is 3.73. The number of rotatable bonds is 3. The second-order valence-electron chi connectivity index (χ2n) is 7.19. The molecule has 0 bridgehead atoms. The van der Waals surface area contributed by atoms with Crippen molar-refractivity contribution in [3.05, 3.63) is 59.9 Å². The largest absolute Gasteiger partial charge is 0.371 e. The van der Waals surface area contributed by atoms with E-state index < -0.39 is 0 Å². The van der Waals surface area contributed by atoms with Gasteiger partial charge in [0.15, 0.2) is 0 Å². The summed E-state index contributed by atoms with van der Waals surface area (Å²) in [6, 6.07) is 15.2. The van der Waals surface area contributed by atoms with Gasteiger partial charge in [-0.15, -0.1) is 0 Å². The van der Waals surface area contributed by atoms with Crippen LogP contribution in [0.15, 0.2) is 48.5 Å². The normalized spacial score (nSPS) is 15.3. The van der Waals surface area contributed by atoms with Crippen LogP contribution in [0.5, 0.6) is 0 Å². The van der Waals surface area contributed by atoms with Gasteiger partial charge < -0.3 is 10.6 Å². The Morgan fingerprint density at radius 2 is 1.85 bits per heavy atom. The van der Waals surface area contributed by atoms with Crippen molar-refractivity contribution in [1.29, 1.82) is 0 Å². The number of nitrogens with two attached hydrogens (primary N) is 1. The lowest BCUT2D eigenvalue weighted by Crippen LogP contribution is -2.38. The van der Waals surface area contributed by atoms with Crippen molar-refractivity contribution < 1.29 is 9.18 Å². The maximum Gasteiger partial charge on any atom is 0.220 e. The van der Waals surface area contributed by atoms with Crippen molar-refractivity contribution in [2.24, 2.45) is 11.7 Å². The van der Waals surface area contributed by atoms with E-state index in [9.17, 15) is 9.18 Å². The third-order valence-electron chi connectivity index (χ3n) is 5.35. The van der Waals surface area contributed by atoms with Gasteiger partial charge in [-0.1, -0.05) is 42.0 Å². The predicted octanol–water partition coefficient (Wildman–Crippen LogP) is 4.05. The highest BCUT2D eigenvalue weighted by atomic mass is 19.1. The lowest BCUT2D eigenvalue weighted by atomic mass is 9.95. The van der Waals surface area contributed by atoms with Crippen molar-refractivity contribution >= 4 is 22.5 Å². The van der Waals surface area contributed by atoms with Gasteiger partial charge in [-0.25, -0.2) is 9.37 Å². The molecule has 1 fully saturated rings. The van der Waals surface area contributed by atoms with E-state index in [1.807, 2.05) is 43.3 Å². The fraction of sp³-hybridized carbons (Fsp3) is 0.273. The Hall–Kier alpha value is -2.95. The number of hydrogen-bond donors (Lipinski definition) is 1. The minimum Gasteiger partial charge on any atom is -0.371 e. The molecular weight excluding hydrogens is 341 g/mol. The van der Waals surface area contributed by atoms with E-state index in [0.717, 1.165) is 35.4 Å². The number of aromatic nitrogens is 1. The van der Waals surface area contributed by atoms with E-state index in [1.165, 1.54) is 11.6 Å². The molecule has 0 spiro atoms. The summed E-state index contributed by atoms with van der Waals surface area (Å²) in [5.41, 5.74) is 9.66. The first kappa shape index (κ1) is 17.5. The first-order valence-corrected chi connectivity index (χ1v) is 9.23. The molecular formula is C22H22FN3O. The highest BCUT2D eigenvalue weighted by molar-refractivity contribution is 5.94. The van der Waals surface area contributed by atoms with Crippen LogP contribution in [-0.4, -0.2) is 24.0 Å². The Morgan fingerprint density at radius 3 is 2.52 bits per heavy atom. The van der Waals surface area contributed by atoms with Crippen LogP contribution in [0.1, 0.15) is 18.4 Å². The summed E-state index contributed by atoms with van der Waals surface area (Å²) in [5.74, 6) is -0.641. The van der Waals surface area contributed by atoms with E-state index in [4.69, 9.17) is 5.73 Å². The van der Waals surface area contributed by atoms with Gasteiger partial charge in [0, 0.05) is 35.6 Å². The summed E-state index contributed by atoms with van der Waals surface area (Å²) in [7, 11) is 0. The summed E-state index contributed by atoms with van der Waals surface area (Å²) >= 11 is 0. The van der Waals surface area contributed by atoms with Crippen LogP contribution in [0.4, 0.5) is 10.1 Å². The van der Waals surface area contributed by atoms with Crippen LogP contribution >= 0.6 is 0 Å². The molecule has 27 heavy (non-hydrogen) atoms. The average molecular weight is 363 g/mol. The van der Waals surface area contributed by atoms with Crippen molar-refractivity contribution in [2.45, 2.75) is 19.8 Å². The summed E-state index contributed by atoms with van der Waals surface area (Å²) in [6.45, 7) is 3.47. The number of piperidine rings is 1. The van der Waals surface area contributed by atoms with Gasteiger partial charge in [-0.05, 0) is 31.9 Å². The number of aryl methyl sites for hydroxylation is 1. The molecule has 1 amide bonds. The number of benzene rings is 2. The zero-order chi connectivity index (χ0) is 19.0. The van der Waals surface area contributed by atoms with Crippen molar-refractivity contribution in [2.75, 3.05) is 18.0 Å². The quantitative estimate of drug-likeness (QED) is 0.764. The number of amides is 1. The molecule has 2 aromatic carbocycles. The second-order valence-corrected chi connectivity index (χ2v) is 7.19. The number of nitrogens with zero attached hydrogens (tertiary/aromatic N) is 2. The molecule has 2 N–H and O–H groups in total. The van der Waals surface area contributed by atoms with Gasteiger partial charge in [-0.2, -0.15) is 0 Å². The number of fused-ring (bicyclic) bond motifs is 1. The zero-order valence-electron chi connectivity index (χ0n) is 15.3. The second kappa shape index (κ2) is 6.99. The van der Waals surface area contributed by atoms with Crippen molar-refractivity contribution in [1.82, 2.24) is 4.98 Å². The lowest BCUT2D eigenvalue weighted by Gasteiger charge is -2.33. The van der Waals surface area contributed by atoms with Gasteiger partial charge in [-0.3, -0.25) is 4.79 Å². The molecule has 1 aliphatic heterocycles. The third kappa shape index (κ3) is 3.37. The predicted molar refractivity (Wildman–Crippen MR) is 106 cm³/mol. The third-order valence-corrected chi connectivity index (χ3v) is 5.35. The molecule has 4 nitrogen and oxygen atoms in total. The van der Waals surface area contributed by atoms with Crippen LogP contribution in [-0.2, 0) is 4.79 Å². The fourth-order valence-electron chi connectivity index (χ4n) is 3.73. The van der Waals surface area contributed by atoms with Crippen LogP contribution in [0.25, 0.3) is 22.2 Å². The molecule has 138 valence electrons. The molecule has 1 saturated heterocycles. The monoisotopic (exact) mass is 363 g/mol. The summed E-state index contributed by atoms with van der Waals surface area (Å²) in [4.78, 5) is 18.3. The number of pyridine rings is 1. The molecule has 3 aromatic rings. The minimum atomic E-state index is -0.324. The molecule has 1 aliphatic rings. The molecule has 5 heteroatoms. The number of primary amides is 1. The van der Waals surface area contributed by atoms with E-state index >= 15 is 0 Å². The molecule has 0 saturated carbocycles. The SMILES string of the molecule is Cc1ccc(-c2cc(N3CCC(C(N)=O)CC3)c3cccc(F)c3n2)cc1. The number of halogens is 1. The zero-order valence-corrected chi connectivity index (χ0v) is 15.3. The average Bonchev–Trinajstić information content (AvgIpc) is 2.68. The highest BCUT2D eigenvalue weighted by Gasteiger charge is 2.25. The molecule has 0 atom stereocenters. The Morgan fingerprint density at radius 1 is 1.15 bits per heavy atom. The Kier molecular flexibility index (Phi) is 4.52. The van der Waals surface area contributed by atoms with E-state index in [-0.39, 0.29) is 17.6 Å².